The Bertz CT molecular complexity index is 518. The number of aromatic nitrogens is 2. The van der Waals surface area contributed by atoms with Gasteiger partial charge in [-0.05, 0) is 31.0 Å². The predicted molar refractivity (Wildman–Crippen MR) is 80.7 cm³/mol. The summed E-state index contributed by atoms with van der Waals surface area (Å²) in [6, 6.07) is 12.0. The fourth-order valence-electron chi connectivity index (χ4n) is 1.98. The standard InChI is InChI=1S/C16H23N3O/c1-3-16(17,4-2)13-20-12-14-10-11-19(18-14)15-8-6-5-7-9-15/h5-11H,3-4,12-13,17H2,1-2H3. The van der Waals surface area contributed by atoms with Gasteiger partial charge in [0.25, 0.3) is 0 Å². The highest BCUT2D eigenvalue weighted by Crippen LogP contribution is 2.13. The SMILES string of the molecule is CCC(N)(CC)COCc1ccn(-c2ccccc2)n1. The van der Waals surface area contributed by atoms with Crippen LogP contribution in [-0.4, -0.2) is 21.9 Å². The smallest absolute Gasteiger partial charge is 0.0907 e. The molecule has 0 amide bonds. The van der Waals surface area contributed by atoms with E-state index >= 15 is 0 Å². The van der Waals surface area contributed by atoms with Gasteiger partial charge in [-0.1, -0.05) is 32.0 Å². The lowest BCUT2D eigenvalue weighted by molar-refractivity contribution is 0.0676. The largest absolute Gasteiger partial charge is 0.373 e. The highest BCUT2D eigenvalue weighted by Gasteiger charge is 2.20. The molecule has 2 N–H and O–H groups in total. The Morgan fingerprint density at radius 3 is 2.50 bits per heavy atom. The maximum absolute atomic E-state index is 6.21. The van der Waals surface area contributed by atoms with Crippen molar-refractivity contribution in [3.63, 3.8) is 0 Å². The van der Waals surface area contributed by atoms with Crippen LogP contribution in [-0.2, 0) is 11.3 Å². The molecule has 0 radical (unpaired) electrons. The third-order valence-corrected chi connectivity index (χ3v) is 3.71. The Balaban J connectivity index is 1.91. The van der Waals surface area contributed by atoms with Crippen molar-refractivity contribution in [3.05, 3.63) is 48.3 Å². The summed E-state index contributed by atoms with van der Waals surface area (Å²) in [5, 5.41) is 4.50. The third-order valence-electron chi connectivity index (χ3n) is 3.71. The van der Waals surface area contributed by atoms with Crippen LogP contribution in [0.2, 0.25) is 0 Å². The van der Waals surface area contributed by atoms with Crippen molar-refractivity contribution in [3.8, 4) is 5.69 Å². The van der Waals surface area contributed by atoms with Crippen LogP contribution in [0.5, 0.6) is 0 Å². The number of rotatable bonds is 7. The number of benzene rings is 1. The second kappa shape index (κ2) is 6.68. The van der Waals surface area contributed by atoms with Gasteiger partial charge in [0.05, 0.1) is 24.6 Å². The van der Waals surface area contributed by atoms with Crippen LogP contribution in [0.15, 0.2) is 42.6 Å². The average molecular weight is 273 g/mol. The fraction of sp³-hybridized carbons (Fsp3) is 0.438. The normalized spacial score (nSPS) is 11.8. The molecule has 0 atom stereocenters. The minimum atomic E-state index is -0.220. The van der Waals surface area contributed by atoms with Crippen LogP contribution in [0, 0.1) is 0 Å². The van der Waals surface area contributed by atoms with Crippen molar-refractivity contribution in [1.82, 2.24) is 9.78 Å². The molecule has 20 heavy (non-hydrogen) atoms. The Labute approximate surface area is 120 Å². The van der Waals surface area contributed by atoms with Crippen LogP contribution in [0.25, 0.3) is 5.69 Å². The zero-order valence-corrected chi connectivity index (χ0v) is 12.2. The number of ether oxygens (including phenoxy) is 1. The molecule has 0 saturated carbocycles. The molecule has 4 nitrogen and oxygen atoms in total. The van der Waals surface area contributed by atoms with Crippen molar-refractivity contribution in [2.45, 2.75) is 38.8 Å². The van der Waals surface area contributed by atoms with Crippen LogP contribution < -0.4 is 5.73 Å². The van der Waals surface area contributed by atoms with E-state index in [2.05, 4.69) is 18.9 Å². The zero-order valence-electron chi connectivity index (χ0n) is 12.2. The number of nitrogens with zero attached hydrogens (tertiary/aromatic N) is 2. The number of para-hydroxylation sites is 1. The van der Waals surface area contributed by atoms with Crippen LogP contribution in [0.3, 0.4) is 0 Å². The summed E-state index contributed by atoms with van der Waals surface area (Å²) in [6.45, 7) is 5.25. The van der Waals surface area contributed by atoms with E-state index in [1.807, 2.05) is 47.3 Å². The minimum Gasteiger partial charge on any atom is -0.373 e. The topological polar surface area (TPSA) is 53.1 Å². The Morgan fingerprint density at radius 1 is 1.15 bits per heavy atom. The molecule has 1 aromatic heterocycles. The van der Waals surface area contributed by atoms with Crippen molar-refractivity contribution >= 4 is 0 Å². The predicted octanol–water partition coefficient (Wildman–Crippen LogP) is 2.91. The van der Waals surface area contributed by atoms with E-state index in [0.29, 0.717) is 13.2 Å². The maximum atomic E-state index is 6.21. The fourth-order valence-corrected chi connectivity index (χ4v) is 1.98. The molecule has 0 saturated heterocycles. The quantitative estimate of drug-likeness (QED) is 0.844. The summed E-state index contributed by atoms with van der Waals surface area (Å²) in [6.07, 6.45) is 3.78. The van der Waals surface area contributed by atoms with Gasteiger partial charge >= 0.3 is 0 Å². The van der Waals surface area contributed by atoms with Crippen molar-refractivity contribution in [2.24, 2.45) is 5.73 Å². The molecule has 0 bridgehead atoms. The lowest BCUT2D eigenvalue weighted by Gasteiger charge is -2.25. The van der Waals surface area contributed by atoms with Crippen molar-refractivity contribution in [2.75, 3.05) is 6.61 Å². The highest BCUT2D eigenvalue weighted by molar-refractivity contribution is 5.30. The molecule has 4 heteroatoms. The second-order valence-corrected chi connectivity index (χ2v) is 5.15. The lowest BCUT2D eigenvalue weighted by atomic mass is 9.96. The van der Waals surface area contributed by atoms with E-state index in [4.69, 9.17) is 10.5 Å². The first-order valence-corrected chi connectivity index (χ1v) is 7.13. The van der Waals surface area contributed by atoms with Crippen LogP contribution >= 0.6 is 0 Å². The van der Waals surface area contributed by atoms with Crippen molar-refractivity contribution in [1.29, 1.82) is 0 Å². The summed E-state index contributed by atoms with van der Waals surface area (Å²) in [5.74, 6) is 0. The Kier molecular flexibility index (Phi) is 4.93. The lowest BCUT2D eigenvalue weighted by Crippen LogP contribution is -2.43. The van der Waals surface area contributed by atoms with Gasteiger partial charge in [0.15, 0.2) is 0 Å². The first kappa shape index (κ1) is 14.8. The van der Waals surface area contributed by atoms with Gasteiger partial charge in [0.1, 0.15) is 0 Å². The molecule has 0 aliphatic rings. The van der Waals surface area contributed by atoms with E-state index in [1.165, 1.54) is 0 Å². The van der Waals surface area contributed by atoms with Gasteiger partial charge < -0.3 is 10.5 Å². The molecule has 0 spiro atoms. The van der Waals surface area contributed by atoms with E-state index in [9.17, 15) is 0 Å². The molecule has 1 heterocycles. The molecule has 0 aliphatic heterocycles. The monoisotopic (exact) mass is 273 g/mol. The van der Waals surface area contributed by atoms with Crippen molar-refractivity contribution < 1.29 is 4.74 Å². The molecule has 2 aromatic rings. The summed E-state index contributed by atoms with van der Waals surface area (Å²) in [7, 11) is 0. The van der Waals surface area contributed by atoms with Gasteiger partial charge in [-0.2, -0.15) is 5.10 Å². The molecule has 0 unspecified atom stereocenters. The average Bonchev–Trinajstić information content (AvgIpc) is 2.97. The van der Waals surface area contributed by atoms with Crippen LogP contribution in [0.1, 0.15) is 32.4 Å². The number of hydrogen-bond donors (Lipinski definition) is 1. The van der Waals surface area contributed by atoms with Gasteiger partial charge in [-0.15, -0.1) is 0 Å². The Morgan fingerprint density at radius 2 is 1.85 bits per heavy atom. The minimum absolute atomic E-state index is 0.220. The van der Waals surface area contributed by atoms with Gasteiger partial charge in [0.2, 0.25) is 0 Å². The molecule has 108 valence electrons. The second-order valence-electron chi connectivity index (χ2n) is 5.15. The Hall–Kier alpha value is -1.65. The molecule has 1 aromatic carbocycles. The first-order valence-electron chi connectivity index (χ1n) is 7.13. The summed E-state index contributed by atoms with van der Waals surface area (Å²) < 4.78 is 7.57. The molecular weight excluding hydrogens is 250 g/mol. The van der Waals surface area contributed by atoms with Gasteiger partial charge in [-0.25, -0.2) is 4.68 Å². The summed E-state index contributed by atoms with van der Waals surface area (Å²) in [4.78, 5) is 0. The first-order chi connectivity index (χ1) is 9.67. The molecule has 0 aliphatic carbocycles. The highest BCUT2D eigenvalue weighted by atomic mass is 16.5. The summed E-state index contributed by atoms with van der Waals surface area (Å²) in [5.41, 5.74) is 7.96. The van der Waals surface area contributed by atoms with E-state index in [0.717, 1.165) is 24.2 Å². The number of hydrogen-bond acceptors (Lipinski definition) is 3. The third kappa shape index (κ3) is 3.68. The van der Waals surface area contributed by atoms with E-state index in [-0.39, 0.29) is 5.54 Å². The zero-order chi connectivity index (χ0) is 14.4. The van der Waals surface area contributed by atoms with E-state index < -0.39 is 0 Å². The van der Waals surface area contributed by atoms with Gasteiger partial charge in [0, 0.05) is 11.7 Å². The molecular formula is C16H23N3O. The van der Waals surface area contributed by atoms with Gasteiger partial charge in [-0.3, -0.25) is 0 Å². The number of nitrogens with two attached hydrogens (primary N) is 1. The summed E-state index contributed by atoms with van der Waals surface area (Å²) >= 11 is 0. The van der Waals surface area contributed by atoms with E-state index in [1.54, 1.807) is 0 Å². The maximum Gasteiger partial charge on any atom is 0.0907 e. The molecule has 2 rings (SSSR count). The van der Waals surface area contributed by atoms with Crippen LogP contribution in [0.4, 0.5) is 0 Å². The molecule has 0 fully saturated rings.